The fraction of sp³-hybridized carbons (Fsp3) is 0.400. The van der Waals surface area contributed by atoms with Crippen molar-refractivity contribution in [1.82, 2.24) is 4.90 Å². The molecule has 1 heterocycles. The van der Waals surface area contributed by atoms with Gasteiger partial charge in [0, 0.05) is 13.1 Å². The van der Waals surface area contributed by atoms with Crippen LogP contribution in [0.2, 0.25) is 0 Å². The molecule has 0 radical (unpaired) electrons. The first-order chi connectivity index (χ1) is 9.13. The van der Waals surface area contributed by atoms with Crippen LogP contribution in [0.3, 0.4) is 0 Å². The van der Waals surface area contributed by atoms with Crippen LogP contribution in [0.15, 0.2) is 29.8 Å². The molecule has 0 bridgehead atoms. The van der Waals surface area contributed by atoms with Crippen LogP contribution in [0.5, 0.6) is 5.75 Å². The van der Waals surface area contributed by atoms with E-state index in [0.29, 0.717) is 30.2 Å². The molecule has 1 aromatic carbocycles. The van der Waals surface area contributed by atoms with E-state index >= 15 is 0 Å². The van der Waals surface area contributed by atoms with Crippen molar-refractivity contribution >= 4 is 11.6 Å². The first-order valence-corrected chi connectivity index (χ1v) is 6.59. The van der Waals surface area contributed by atoms with E-state index in [-0.39, 0.29) is 5.91 Å². The van der Waals surface area contributed by atoms with Crippen molar-refractivity contribution < 1.29 is 9.53 Å². The molecule has 0 saturated heterocycles. The van der Waals surface area contributed by atoms with Gasteiger partial charge in [-0.25, -0.2) is 0 Å². The van der Waals surface area contributed by atoms with E-state index in [4.69, 9.17) is 10.5 Å². The maximum Gasteiger partial charge on any atom is 0.258 e. The summed E-state index contributed by atoms with van der Waals surface area (Å²) in [5.41, 5.74) is 8.18. The molecular weight excluding hydrogens is 240 g/mol. The van der Waals surface area contributed by atoms with Crippen LogP contribution in [0.25, 0.3) is 0 Å². The lowest BCUT2D eigenvalue weighted by Crippen LogP contribution is -2.35. The fourth-order valence-electron chi connectivity index (χ4n) is 2.28. The average molecular weight is 260 g/mol. The number of hydrogen-bond donors (Lipinski definition) is 1. The number of carbonyl (C=O) groups excluding carboxylic acids is 1. The van der Waals surface area contributed by atoms with Gasteiger partial charge >= 0.3 is 0 Å². The molecule has 2 N–H and O–H groups in total. The third-order valence-corrected chi connectivity index (χ3v) is 3.18. The summed E-state index contributed by atoms with van der Waals surface area (Å²) in [4.78, 5) is 14.4. The monoisotopic (exact) mass is 260 g/mol. The Bertz CT molecular complexity index is 509. The van der Waals surface area contributed by atoms with Crippen LogP contribution >= 0.6 is 0 Å². The fourth-order valence-corrected chi connectivity index (χ4v) is 2.28. The van der Waals surface area contributed by atoms with E-state index in [2.05, 4.69) is 6.08 Å². The van der Waals surface area contributed by atoms with Crippen LogP contribution in [0.1, 0.15) is 30.6 Å². The van der Waals surface area contributed by atoms with Gasteiger partial charge in [0.05, 0.1) is 17.9 Å². The predicted octanol–water partition coefficient (Wildman–Crippen LogP) is 2.46. The van der Waals surface area contributed by atoms with Crippen molar-refractivity contribution in [2.24, 2.45) is 0 Å². The number of carbonyl (C=O) groups is 1. The van der Waals surface area contributed by atoms with E-state index in [1.807, 2.05) is 18.7 Å². The standard InChI is InChI=1S/C15H20N2O2/c1-3-19-14-12(7-4-8-13(14)16)15(18)17-9-5-6-11(2)10-17/h4,6-8H,3,5,9-10,16H2,1-2H3. The minimum atomic E-state index is -0.0109. The highest BCUT2D eigenvalue weighted by molar-refractivity contribution is 5.98. The Hall–Kier alpha value is -1.97. The van der Waals surface area contributed by atoms with Gasteiger partial charge in [0.1, 0.15) is 0 Å². The molecule has 4 heteroatoms. The quantitative estimate of drug-likeness (QED) is 0.671. The molecule has 0 aliphatic carbocycles. The zero-order valence-electron chi connectivity index (χ0n) is 11.5. The molecule has 1 aliphatic heterocycles. The molecule has 2 rings (SSSR count). The number of para-hydroxylation sites is 1. The summed E-state index contributed by atoms with van der Waals surface area (Å²) in [6.45, 7) is 5.85. The summed E-state index contributed by atoms with van der Waals surface area (Å²) in [7, 11) is 0. The topological polar surface area (TPSA) is 55.6 Å². The molecule has 4 nitrogen and oxygen atoms in total. The van der Waals surface area contributed by atoms with Crippen molar-refractivity contribution in [2.75, 3.05) is 25.4 Å². The summed E-state index contributed by atoms with van der Waals surface area (Å²) in [5, 5.41) is 0. The highest BCUT2D eigenvalue weighted by Crippen LogP contribution is 2.28. The average Bonchev–Trinajstić information content (AvgIpc) is 2.40. The third kappa shape index (κ3) is 2.89. The van der Waals surface area contributed by atoms with E-state index in [1.165, 1.54) is 5.57 Å². The van der Waals surface area contributed by atoms with Gasteiger partial charge in [0.15, 0.2) is 5.75 Å². The zero-order chi connectivity index (χ0) is 13.8. The maximum absolute atomic E-state index is 12.6. The molecule has 0 aromatic heterocycles. The van der Waals surface area contributed by atoms with Gasteiger partial charge in [-0.05, 0) is 32.4 Å². The van der Waals surface area contributed by atoms with Crippen molar-refractivity contribution in [2.45, 2.75) is 20.3 Å². The minimum Gasteiger partial charge on any atom is -0.491 e. The molecule has 1 aliphatic rings. The number of nitrogens with two attached hydrogens (primary N) is 1. The van der Waals surface area contributed by atoms with Gasteiger partial charge < -0.3 is 15.4 Å². The normalized spacial score (nSPS) is 15.1. The Morgan fingerprint density at radius 3 is 2.95 bits per heavy atom. The van der Waals surface area contributed by atoms with E-state index in [9.17, 15) is 4.79 Å². The van der Waals surface area contributed by atoms with Gasteiger partial charge in [-0.3, -0.25) is 4.79 Å². The molecule has 102 valence electrons. The molecular formula is C15H20N2O2. The summed E-state index contributed by atoms with van der Waals surface area (Å²) < 4.78 is 5.52. The SMILES string of the molecule is CCOc1c(N)cccc1C(=O)N1CCC=C(C)C1. The lowest BCUT2D eigenvalue weighted by atomic mass is 10.1. The van der Waals surface area contributed by atoms with E-state index in [0.717, 1.165) is 13.0 Å². The Labute approximate surface area is 113 Å². The van der Waals surface area contributed by atoms with Gasteiger partial charge in [-0.1, -0.05) is 17.7 Å². The number of nitrogen functional groups attached to an aromatic ring is 1. The summed E-state index contributed by atoms with van der Waals surface area (Å²) >= 11 is 0. The number of hydrogen-bond acceptors (Lipinski definition) is 3. The molecule has 0 spiro atoms. The summed E-state index contributed by atoms with van der Waals surface area (Å²) in [5.74, 6) is 0.491. The van der Waals surface area contributed by atoms with Gasteiger partial charge in [0.25, 0.3) is 5.91 Å². The Morgan fingerprint density at radius 2 is 2.26 bits per heavy atom. The van der Waals surface area contributed by atoms with Crippen molar-refractivity contribution in [3.63, 3.8) is 0 Å². The largest absolute Gasteiger partial charge is 0.491 e. The smallest absolute Gasteiger partial charge is 0.258 e. The molecule has 19 heavy (non-hydrogen) atoms. The maximum atomic E-state index is 12.6. The van der Waals surface area contributed by atoms with Gasteiger partial charge in [0.2, 0.25) is 0 Å². The Morgan fingerprint density at radius 1 is 1.47 bits per heavy atom. The van der Waals surface area contributed by atoms with Gasteiger partial charge in [-0.15, -0.1) is 0 Å². The molecule has 1 amide bonds. The lowest BCUT2D eigenvalue weighted by Gasteiger charge is -2.27. The first kappa shape index (κ1) is 13.5. The number of ether oxygens (including phenoxy) is 1. The number of nitrogens with zero attached hydrogens (tertiary/aromatic N) is 1. The van der Waals surface area contributed by atoms with Crippen LogP contribution < -0.4 is 10.5 Å². The number of rotatable bonds is 3. The third-order valence-electron chi connectivity index (χ3n) is 3.18. The van der Waals surface area contributed by atoms with Crippen molar-refractivity contribution in [3.05, 3.63) is 35.4 Å². The molecule has 0 saturated carbocycles. The highest BCUT2D eigenvalue weighted by atomic mass is 16.5. The van der Waals surface area contributed by atoms with Crippen molar-refractivity contribution in [1.29, 1.82) is 0 Å². The first-order valence-electron chi connectivity index (χ1n) is 6.59. The minimum absolute atomic E-state index is 0.0109. The highest BCUT2D eigenvalue weighted by Gasteiger charge is 2.22. The zero-order valence-corrected chi connectivity index (χ0v) is 11.5. The van der Waals surface area contributed by atoms with Gasteiger partial charge in [-0.2, -0.15) is 0 Å². The predicted molar refractivity (Wildman–Crippen MR) is 76.3 cm³/mol. The second-order valence-electron chi connectivity index (χ2n) is 4.72. The molecule has 0 fully saturated rings. The Balaban J connectivity index is 2.28. The Kier molecular flexibility index (Phi) is 4.10. The molecule has 1 aromatic rings. The molecule has 0 atom stereocenters. The second kappa shape index (κ2) is 5.78. The van der Waals surface area contributed by atoms with E-state index < -0.39 is 0 Å². The molecule has 0 unspecified atom stereocenters. The second-order valence-corrected chi connectivity index (χ2v) is 4.72. The summed E-state index contributed by atoms with van der Waals surface area (Å²) in [6, 6.07) is 5.32. The summed E-state index contributed by atoms with van der Waals surface area (Å²) in [6.07, 6.45) is 3.08. The van der Waals surface area contributed by atoms with Crippen LogP contribution in [-0.4, -0.2) is 30.5 Å². The number of anilines is 1. The number of amides is 1. The van der Waals surface area contributed by atoms with Crippen LogP contribution in [-0.2, 0) is 0 Å². The lowest BCUT2D eigenvalue weighted by molar-refractivity contribution is 0.0762. The van der Waals surface area contributed by atoms with Crippen molar-refractivity contribution in [3.8, 4) is 5.75 Å². The van der Waals surface area contributed by atoms with Crippen LogP contribution in [0.4, 0.5) is 5.69 Å². The van der Waals surface area contributed by atoms with Crippen LogP contribution in [0, 0.1) is 0 Å². The number of benzene rings is 1. The van der Waals surface area contributed by atoms with E-state index in [1.54, 1.807) is 18.2 Å².